The van der Waals surface area contributed by atoms with Crippen molar-refractivity contribution in [3.8, 4) is 5.75 Å². The number of rotatable bonds is 4. The van der Waals surface area contributed by atoms with E-state index in [9.17, 15) is 4.79 Å². The molecular weight excluding hydrogens is 224 g/mol. The molecule has 2 rings (SSSR count). The highest BCUT2D eigenvalue weighted by Gasteiger charge is 2.05. The zero-order valence-corrected chi connectivity index (χ0v) is 10.9. The van der Waals surface area contributed by atoms with Gasteiger partial charge in [0, 0.05) is 12.3 Å². The fourth-order valence-corrected chi connectivity index (χ4v) is 2.07. The van der Waals surface area contributed by atoms with Crippen LogP contribution in [0.5, 0.6) is 5.75 Å². The van der Waals surface area contributed by atoms with Gasteiger partial charge in [-0.25, -0.2) is 0 Å². The lowest BCUT2D eigenvalue weighted by atomic mass is 10.0. The molecule has 0 N–H and O–H groups in total. The van der Waals surface area contributed by atoms with Crippen LogP contribution in [0.1, 0.15) is 32.3 Å². The summed E-state index contributed by atoms with van der Waals surface area (Å²) < 4.78 is 5.25. The second-order valence-electron chi connectivity index (χ2n) is 4.51. The Bertz CT molecular complexity index is 558. The Morgan fingerprint density at radius 2 is 2.06 bits per heavy atom. The van der Waals surface area contributed by atoms with Crippen LogP contribution in [0, 0.1) is 0 Å². The van der Waals surface area contributed by atoms with Gasteiger partial charge in [0.05, 0.1) is 0 Å². The molecule has 18 heavy (non-hydrogen) atoms. The van der Waals surface area contributed by atoms with Crippen LogP contribution in [0.3, 0.4) is 0 Å². The van der Waals surface area contributed by atoms with Crippen molar-refractivity contribution in [2.75, 3.05) is 0 Å². The minimum atomic E-state index is -0.276. The van der Waals surface area contributed by atoms with Crippen LogP contribution in [0.15, 0.2) is 36.4 Å². The summed E-state index contributed by atoms with van der Waals surface area (Å²) in [6.07, 6.45) is 3.44. The number of hydrogen-bond acceptors (Lipinski definition) is 2. The quantitative estimate of drug-likeness (QED) is 0.595. The maximum absolute atomic E-state index is 11.1. The summed E-state index contributed by atoms with van der Waals surface area (Å²) in [5, 5.41) is 2.12. The van der Waals surface area contributed by atoms with E-state index in [2.05, 4.69) is 25.1 Å². The van der Waals surface area contributed by atoms with E-state index < -0.39 is 0 Å². The molecule has 0 fully saturated rings. The molecule has 2 aromatic carbocycles. The Hall–Kier alpha value is -1.83. The number of esters is 1. The lowest BCUT2D eigenvalue weighted by molar-refractivity contribution is -0.131. The van der Waals surface area contributed by atoms with Crippen LogP contribution < -0.4 is 4.74 Å². The molecule has 0 heterocycles. The number of benzene rings is 2. The Morgan fingerprint density at radius 3 is 2.78 bits per heavy atom. The first-order chi connectivity index (χ1) is 8.70. The minimum Gasteiger partial charge on any atom is -0.426 e. The fraction of sp³-hybridized carbons (Fsp3) is 0.312. The summed E-state index contributed by atoms with van der Waals surface area (Å²) in [6.45, 7) is 3.62. The molecule has 0 aliphatic carbocycles. The average Bonchev–Trinajstić information content (AvgIpc) is 2.36. The SMILES string of the molecule is CCCCc1ccc2cccc(OC(C)=O)c2c1. The molecule has 0 saturated carbocycles. The molecule has 0 saturated heterocycles. The van der Waals surface area contributed by atoms with Crippen molar-refractivity contribution in [2.24, 2.45) is 0 Å². The van der Waals surface area contributed by atoms with Gasteiger partial charge in [0.1, 0.15) is 5.75 Å². The molecule has 0 spiro atoms. The summed E-state index contributed by atoms with van der Waals surface area (Å²) in [4.78, 5) is 11.1. The highest BCUT2D eigenvalue weighted by Crippen LogP contribution is 2.27. The second kappa shape index (κ2) is 5.67. The van der Waals surface area contributed by atoms with E-state index in [1.807, 2.05) is 18.2 Å². The van der Waals surface area contributed by atoms with Crippen LogP contribution in [-0.4, -0.2) is 5.97 Å². The van der Waals surface area contributed by atoms with Crippen molar-refractivity contribution in [1.29, 1.82) is 0 Å². The number of aryl methyl sites for hydroxylation is 1. The van der Waals surface area contributed by atoms with E-state index in [1.54, 1.807) is 0 Å². The number of fused-ring (bicyclic) bond motifs is 1. The predicted octanol–water partition coefficient (Wildman–Crippen LogP) is 4.11. The smallest absolute Gasteiger partial charge is 0.308 e. The van der Waals surface area contributed by atoms with Gasteiger partial charge in [0.25, 0.3) is 0 Å². The van der Waals surface area contributed by atoms with E-state index in [4.69, 9.17) is 4.74 Å². The van der Waals surface area contributed by atoms with Crippen molar-refractivity contribution in [3.63, 3.8) is 0 Å². The summed E-state index contributed by atoms with van der Waals surface area (Å²) in [7, 11) is 0. The van der Waals surface area contributed by atoms with Crippen molar-refractivity contribution in [1.82, 2.24) is 0 Å². The second-order valence-corrected chi connectivity index (χ2v) is 4.51. The predicted molar refractivity (Wildman–Crippen MR) is 73.9 cm³/mol. The average molecular weight is 242 g/mol. The van der Waals surface area contributed by atoms with Gasteiger partial charge in [-0.15, -0.1) is 0 Å². The van der Waals surface area contributed by atoms with Gasteiger partial charge in [0.2, 0.25) is 0 Å². The topological polar surface area (TPSA) is 26.3 Å². The normalized spacial score (nSPS) is 10.6. The number of ether oxygens (including phenoxy) is 1. The van der Waals surface area contributed by atoms with Crippen LogP contribution in [0.25, 0.3) is 10.8 Å². The van der Waals surface area contributed by atoms with Gasteiger partial charge in [-0.1, -0.05) is 37.6 Å². The van der Waals surface area contributed by atoms with E-state index in [0.717, 1.165) is 17.2 Å². The van der Waals surface area contributed by atoms with Gasteiger partial charge in [-0.3, -0.25) is 4.79 Å². The molecular formula is C16H18O2. The molecule has 0 unspecified atom stereocenters. The third-order valence-electron chi connectivity index (χ3n) is 2.98. The van der Waals surface area contributed by atoms with Gasteiger partial charge in [-0.2, -0.15) is 0 Å². The Kier molecular flexibility index (Phi) is 3.98. The summed E-state index contributed by atoms with van der Waals surface area (Å²) in [5.74, 6) is 0.375. The standard InChI is InChI=1S/C16H18O2/c1-3-4-6-13-9-10-14-7-5-8-16(15(14)11-13)18-12(2)17/h5,7-11H,3-4,6H2,1-2H3. The molecule has 94 valence electrons. The molecule has 0 atom stereocenters. The maximum atomic E-state index is 11.1. The lowest BCUT2D eigenvalue weighted by Gasteiger charge is -2.08. The molecule has 0 radical (unpaired) electrons. The van der Waals surface area contributed by atoms with E-state index in [0.29, 0.717) is 5.75 Å². The highest BCUT2D eigenvalue weighted by atomic mass is 16.5. The lowest BCUT2D eigenvalue weighted by Crippen LogP contribution is -2.01. The molecule has 2 aromatic rings. The summed E-state index contributed by atoms with van der Waals surface area (Å²) in [5.41, 5.74) is 1.30. The first-order valence-electron chi connectivity index (χ1n) is 6.41. The van der Waals surface area contributed by atoms with Gasteiger partial charge in [0.15, 0.2) is 0 Å². The van der Waals surface area contributed by atoms with Crippen LogP contribution >= 0.6 is 0 Å². The van der Waals surface area contributed by atoms with Crippen molar-refractivity contribution in [3.05, 3.63) is 42.0 Å². The largest absolute Gasteiger partial charge is 0.426 e. The van der Waals surface area contributed by atoms with Crippen LogP contribution in [0.4, 0.5) is 0 Å². The number of unbranched alkanes of at least 4 members (excludes halogenated alkanes) is 1. The van der Waals surface area contributed by atoms with Gasteiger partial charge < -0.3 is 4.74 Å². The number of carbonyl (C=O) groups excluding carboxylic acids is 1. The number of carbonyl (C=O) groups is 1. The van der Waals surface area contributed by atoms with Gasteiger partial charge >= 0.3 is 5.97 Å². The maximum Gasteiger partial charge on any atom is 0.308 e. The Labute approximate surface area is 108 Å². The van der Waals surface area contributed by atoms with E-state index in [-0.39, 0.29) is 5.97 Å². The number of hydrogen-bond donors (Lipinski definition) is 0. The molecule has 0 amide bonds. The minimum absolute atomic E-state index is 0.276. The molecule has 0 aliphatic heterocycles. The summed E-state index contributed by atoms with van der Waals surface area (Å²) >= 11 is 0. The first-order valence-corrected chi connectivity index (χ1v) is 6.41. The third-order valence-corrected chi connectivity index (χ3v) is 2.98. The zero-order valence-electron chi connectivity index (χ0n) is 10.9. The fourth-order valence-electron chi connectivity index (χ4n) is 2.07. The van der Waals surface area contributed by atoms with Gasteiger partial charge in [-0.05, 0) is 35.9 Å². The van der Waals surface area contributed by atoms with Crippen molar-refractivity contribution >= 4 is 16.7 Å². The van der Waals surface area contributed by atoms with Crippen molar-refractivity contribution in [2.45, 2.75) is 33.1 Å². The molecule has 2 nitrogen and oxygen atoms in total. The Morgan fingerprint density at radius 1 is 1.22 bits per heavy atom. The highest BCUT2D eigenvalue weighted by molar-refractivity contribution is 5.90. The van der Waals surface area contributed by atoms with E-state index >= 15 is 0 Å². The monoisotopic (exact) mass is 242 g/mol. The Balaban J connectivity index is 2.41. The van der Waals surface area contributed by atoms with Crippen LogP contribution in [-0.2, 0) is 11.2 Å². The first kappa shape index (κ1) is 12.6. The summed E-state index contributed by atoms with van der Waals surface area (Å²) in [6, 6.07) is 12.2. The third kappa shape index (κ3) is 2.89. The molecule has 0 aromatic heterocycles. The molecule has 2 heteroatoms. The molecule has 0 bridgehead atoms. The van der Waals surface area contributed by atoms with Crippen molar-refractivity contribution < 1.29 is 9.53 Å². The molecule has 0 aliphatic rings. The zero-order chi connectivity index (χ0) is 13.0. The van der Waals surface area contributed by atoms with Crippen LogP contribution in [0.2, 0.25) is 0 Å². The van der Waals surface area contributed by atoms with E-state index in [1.165, 1.54) is 25.3 Å².